The van der Waals surface area contributed by atoms with Crippen LogP contribution in [0.4, 0.5) is 0 Å². The molecule has 1 unspecified atom stereocenters. The van der Waals surface area contributed by atoms with Crippen molar-refractivity contribution in [2.24, 2.45) is 5.73 Å². The van der Waals surface area contributed by atoms with Crippen molar-refractivity contribution in [3.05, 3.63) is 72.9 Å². The molecule has 320 valence electrons. The Balaban J connectivity index is 4.52. The van der Waals surface area contributed by atoms with E-state index in [4.69, 9.17) is 24.8 Å². The van der Waals surface area contributed by atoms with Crippen LogP contribution in [0.25, 0.3) is 0 Å². The summed E-state index contributed by atoms with van der Waals surface area (Å²) in [6.07, 6.45) is 45.5. The zero-order valence-electron chi connectivity index (χ0n) is 34.4. The van der Waals surface area contributed by atoms with Gasteiger partial charge < -0.3 is 25.2 Å². The van der Waals surface area contributed by atoms with Crippen molar-refractivity contribution >= 4 is 25.7 Å². The number of esters is 2. The van der Waals surface area contributed by atoms with Crippen molar-refractivity contribution in [2.75, 3.05) is 19.8 Å². The van der Waals surface area contributed by atoms with Gasteiger partial charge in [-0.15, -0.1) is 0 Å². The highest BCUT2D eigenvalue weighted by atomic mass is 31.2. The number of hydrogen-bond acceptors (Lipinski definition) is 9. The van der Waals surface area contributed by atoms with Gasteiger partial charge in [-0.25, -0.2) is 4.57 Å². The van der Waals surface area contributed by atoms with E-state index in [1.54, 1.807) is 0 Å². The maximum Gasteiger partial charge on any atom is 0.472 e. The predicted octanol–water partition coefficient (Wildman–Crippen LogP) is 10.9. The molecule has 0 heterocycles. The minimum Gasteiger partial charge on any atom is -0.480 e. The first kappa shape index (κ1) is 52.9. The van der Waals surface area contributed by atoms with E-state index in [-0.39, 0.29) is 19.4 Å². The molecule has 0 bridgehead atoms. The van der Waals surface area contributed by atoms with Crippen LogP contribution in [0.5, 0.6) is 0 Å². The van der Waals surface area contributed by atoms with E-state index in [1.165, 1.54) is 38.5 Å². The third kappa shape index (κ3) is 37.8. The average molecular weight is 808 g/mol. The molecule has 0 fully saturated rings. The fraction of sp³-hybridized carbons (Fsp3) is 0.659. The van der Waals surface area contributed by atoms with Crippen LogP contribution >= 0.6 is 7.82 Å². The summed E-state index contributed by atoms with van der Waals surface area (Å²) in [5.74, 6) is -2.47. The molecule has 0 aromatic rings. The van der Waals surface area contributed by atoms with Gasteiger partial charge in [-0.1, -0.05) is 138 Å². The molecule has 3 atom stereocenters. The molecular weight excluding hydrogens is 733 g/mol. The topological polar surface area (TPSA) is 172 Å². The zero-order valence-corrected chi connectivity index (χ0v) is 35.3. The highest BCUT2D eigenvalue weighted by Gasteiger charge is 2.28. The summed E-state index contributed by atoms with van der Waals surface area (Å²) >= 11 is 0. The number of ether oxygens (including phenoxy) is 2. The van der Waals surface area contributed by atoms with E-state index in [2.05, 4.69) is 79.1 Å². The molecule has 0 amide bonds. The zero-order chi connectivity index (χ0) is 41.4. The van der Waals surface area contributed by atoms with E-state index in [1.807, 2.05) is 12.2 Å². The molecule has 56 heavy (non-hydrogen) atoms. The summed E-state index contributed by atoms with van der Waals surface area (Å²) in [6.45, 7) is 2.60. The molecule has 0 aromatic heterocycles. The number of nitrogens with two attached hydrogens (primary N) is 1. The molecule has 0 aliphatic heterocycles. The summed E-state index contributed by atoms with van der Waals surface area (Å²) in [4.78, 5) is 45.9. The Labute approximate surface area is 338 Å². The van der Waals surface area contributed by atoms with E-state index in [0.717, 1.165) is 70.6 Å². The Bertz CT molecular complexity index is 1230. The highest BCUT2D eigenvalue weighted by molar-refractivity contribution is 7.47. The smallest absolute Gasteiger partial charge is 0.472 e. The number of phosphoric acid groups is 1. The molecule has 0 aliphatic rings. The predicted molar refractivity (Wildman–Crippen MR) is 226 cm³/mol. The Morgan fingerprint density at radius 1 is 0.571 bits per heavy atom. The van der Waals surface area contributed by atoms with Crippen molar-refractivity contribution in [1.29, 1.82) is 0 Å². The fourth-order valence-electron chi connectivity index (χ4n) is 5.15. The van der Waals surface area contributed by atoms with Crippen molar-refractivity contribution < 1.29 is 47.5 Å². The number of hydrogen-bond donors (Lipinski definition) is 3. The number of allylic oxidation sites excluding steroid dienone is 12. The van der Waals surface area contributed by atoms with Crippen molar-refractivity contribution in [1.82, 2.24) is 0 Å². The number of carboxylic acid groups (broad SMARTS) is 1. The number of phosphoric ester groups is 1. The first-order valence-corrected chi connectivity index (χ1v) is 22.5. The van der Waals surface area contributed by atoms with Crippen LogP contribution in [0.1, 0.15) is 155 Å². The second kappa shape index (κ2) is 38.8. The van der Waals surface area contributed by atoms with Crippen LogP contribution in [0.3, 0.4) is 0 Å². The van der Waals surface area contributed by atoms with Gasteiger partial charge in [0.25, 0.3) is 0 Å². The number of rotatable bonds is 38. The van der Waals surface area contributed by atoms with Crippen molar-refractivity contribution in [2.45, 2.75) is 167 Å². The largest absolute Gasteiger partial charge is 0.480 e. The van der Waals surface area contributed by atoms with E-state index in [9.17, 15) is 23.8 Å². The molecule has 12 heteroatoms. The van der Waals surface area contributed by atoms with Crippen molar-refractivity contribution in [3.8, 4) is 0 Å². The Morgan fingerprint density at radius 3 is 1.57 bits per heavy atom. The second-order valence-electron chi connectivity index (χ2n) is 13.7. The maximum absolute atomic E-state index is 12.6. The third-order valence-corrected chi connectivity index (χ3v) is 9.39. The number of carbonyl (C=O) groups is 3. The quantitative estimate of drug-likeness (QED) is 0.0235. The molecular formula is C44H74NO10P. The van der Waals surface area contributed by atoms with Gasteiger partial charge in [-0.3, -0.25) is 23.4 Å². The molecule has 4 N–H and O–H groups in total. The van der Waals surface area contributed by atoms with Gasteiger partial charge in [-0.05, 0) is 77.0 Å². The Kier molecular flexibility index (Phi) is 36.6. The van der Waals surface area contributed by atoms with Crippen LogP contribution < -0.4 is 5.73 Å². The monoisotopic (exact) mass is 808 g/mol. The fourth-order valence-corrected chi connectivity index (χ4v) is 5.93. The summed E-state index contributed by atoms with van der Waals surface area (Å²) in [6, 6.07) is -1.53. The van der Waals surface area contributed by atoms with Gasteiger partial charge in [0.15, 0.2) is 6.10 Å². The lowest BCUT2D eigenvalue weighted by molar-refractivity contribution is -0.161. The highest BCUT2D eigenvalue weighted by Crippen LogP contribution is 2.43. The van der Waals surface area contributed by atoms with Gasteiger partial charge in [0.2, 0.25) is 0 Å². The van der Waals surface area contributed by atoms with Gasteiger partial charge in [0, 0.05) is 12.8 Å². The van der Waals surface area contributed by atoms with E-state index < -0.39 is 51.1 Å². The number of carbonyl (C=O) groups excluding carboxylic acids is 2. The van der Waals surface area contributed by atoms with Crippen LogP contribution in [0, 0.1) is 0 Å². The van der Waals surface area contributed by atoms with Gasteiger partial charge in [0.05, 0.1) is 13.2 Å². The number of aliphatic carboxylic acids is 1. The summed E-state index contributed by atoms with van der Waals surface area (Å²) in [7, 11) is -4.74. The maximum atomic E-state index is 12.6. The summed E-state index contributed by atoms with van der Waals surface area (Å²) in [5.41, 5.74) is 5.32. The van der Waals surface area contributed by atoms with Gasteiger partial charge >= 0.3 is 25.7 Å². The second-order valence-corrected chi connectivity index (χ2v) is 15.2. The molecule has 0 rings (SSSR count). The standard InChI is InChI=1S/C44H74NO10P/c1-3-5-7-9-11-13-15-17-19-20-22-24-26-28-30-32-34-36-43(47)55-40(38-53-56(50,51)54-39-41(45)44(48)49)37-52-42(46)35-33-31-29-27-25-23-21-18-16-14-12-10-8-6-4-2/h5,7,11,13,17-19,21-22,24,28,30,40-41H,3-4,6,8-10,12,14-16,20,23,25-27,29,31-39,45H2,1-2H3,(H,48,49)(H,50,51)/b7-5-,13-11-,19-17-,21-18-,24-22-,30-28-/t40-,41+/m1/s1. The summed E-state index contributed by atoms with van der Waals surface area (Å²) in [5, 5.41) is 8.88. The lowest BCUT2D eigenvalue weighted by atomic mass is 10.1. The lowest BCUT2D eigenvalue weighted by Crippen LogP contribution is -2.34. The summed E-state index contributed by atoms with van der Waals surface area (Å²) < 4.78 is 32.6. The van der Waals surface area contributed by atoms with E-state index >= 15 is 0 Å². The number of unbranched alkanes of at least 4 members (excludes halogenated alkanes) is 12. The Morgan fingerprint density at radius 2 is 1.02 bits per heavy atom. The Hall–Kier alpha value is -3.08. The molecule has 0 spiro atoms. The average Bonchev–Trinajstić information content (AvgIpc) is 3.17. The first-order chi connectivity index (χ1) is 27.1. The minimum atomic E-state index is -4.74. The molecule has 0 saturated carbocycles. The molecule has 11 nitrogen and oxygen atoms in total. The van der Waals surface area contributed by atoms with E-state index in [0.29, 0.717) is 19.3 Å². The molecule has 0 radical (unpaired) electrons. The number of carboxylic acids is 1. The minimum absolute atomic E-state index is 0.0778. The lowest BCUT2D eigenvalue weighted by Gasteiger charge is -2.20. The normalized spacial score (nSPS) is 14.5. The molecule has 0 saturated heterocycles. The van der Waals surface area contributed by atoms with Crippen molar-refractivity contribution in [3.63, 3.8) is 0 Å². The van der Waals surface area contributed by atoms with Gasteiger partial charge in [0.1, 0.15) is 12.6 Å². The third-order valence-electron chi connectivity index (χ3n) is 8.44. The molecule has 0 aliphatic carbocycles. The SMILES string of the molecule is CC/C=C\C/C=C\C/C=C\C/C=C\C/C=C\CCCC(=O)O[C@H](COC(=O)CCCCCCC/C=C\CCCCCCCC)COP(=O)(O)OC[C@H](N)C(=O)O. The van der Waals surface area contributed by atoms with Crippen LogP contribution in [0.2, 0.25) is 0 Å². The first-order valence-electron chi connectivity index (χ1n) is 21.0. The van der Waals surface area contributed by atoms with Gasteiger partial charge in [-0.2, -0.15) is 0 Å². The molecule has 0 aromatic carbocycles. The van der Waals surface area contributed by atoms with Crippen LogP contribution in [-0.2, 0) is 37.5 Å². The van der Waals surface area contributed by atoms with Crippen LogP contribution in [-0.4, -0.2) is 59.9 Å². The van der Waals surface area contributed by atoms with Crippen LogP contribution in [0.15, 0.2) is 72.9 Å².